The Balaban J connectivity index is 1.40. The van der Waals surface area contributed by atoms with Gasteiger partial charge in [-0.15, -0.1) is 0 Å². The molecule has 2 aromatic rings. The van der Waals surface area contributed by atoms with E-state index in [9.17, 15) is 32.3 Å². The van der Waals surface area contributed by atoms with Crippen molar-refractivity contribution >= 4 is 29.3 Å². The Labute approximate surface area is 186 Å². The zero-order valence-electron chi connectivity index (χ0n) is 17.2. The molecule has 4 amide bonds. The molecule has 0 aliphatic carbocycles. The minimum atomic E-state index is -4.51. The van der Waals surface area contributed by atoms with E-state index in [1.807, 2.05) is 0 Å². The van der Waals surface area contributed by atoms with Gasteiger partial charge in [-0.05, 0) is 54.3 Å². The van der Waals surface area contributed by atoms with E-state index in [2.05, 4.69) is 5.32 Å². The van der Waals surface area contributed by atoms with E-state index < -0.39 is 29.6 Å². The van der Waals surface area contributed by atoms with Gasteiger partial charge in [-0.25, -0.2) is 0 Å². The third-order valence-electron chi connectivity index (χ3n) is 6.32. The SMILES string of the molecule is O=C1CCC(N2Cc3cc(C(=O)N4CCc5ccc(C(F)(F)F)cc54)ccc3C2=O)C(=O)N1. The topological polar surface area (TPSA) is 86.8 Å². The molecule has 10 heteroatoms. The molecule has 3 aliphatic rings. The summed E-state index contributed by atoms with van der Waals surface area (Å²) in [6.45, 7) is 0.365. The second-order valence-electron chi connectivity index (χ2n) is 8.32. The van der Waals surface area contributed by atoms with Crippen molar-refractivity contribution in [1.29, 1.82) is 0 Å². The Morgan fingerprint density at radius 1 is 1.00 bits per heavy atom. The molecule has 0 spiro atoms. The van der Waals surface area contributed by atoms with Gasteiger partial charge in [0.2, 0.25) is 11.8 Å². The molecule has 5 rings (SSSR count). The summed E-state index contributed by atoms with van der Waals surface area (Å²) in [6, 6.07) is 7.14. The summed E-state index contributed by atoms with van der Waals surface area (Å²) in [5.74, 6) is -1.73. The van der Waals surface area contributed by atoms with Gasteiger partial charge in [0.15, 0.2) is 0 Å². The van der Waals surface area contributed by atoms with E-state index >= 15 is 0 Å². The van der Waals surface area contributed by atoms with Crippen molar-refractivity contribution in [2.75, 3.05) is 11.4 Å². The van der Waals surface area contributed by atoms with Crippen LogP contribution in [0.4, 0.5) is 18.9 Å². The summed E-state index contributed by atoms with van der Waals surface area (Å²) in [4.78, 5) is 52.3. The molecule has 3 aliphatic heterocycles. The summed E-state index contributed by atoms with van der Waals surface area (Å²) in [7, 11) is 0. The van der Waals surface area contributed by atoms with E-state index in [0.29, 0.717) is 23.1 Å². The Hall–Kier alpha value is -3.69. The molecule has 0 aromatic heterocycles. The molecule has 7 nitrogen and oxygen atoms in total. The monoisotopic (exact) mass is 457 g/mol. The molecule has 1 N–H and O–H groups in total. The van der Waals surface area contributed by atoms with Crippen LogP contribution in [0.25, 0.3) is 0 Å². The fourth-order valence-electron chi connectivity index (χ4n) is 4.63. The smallest absolute Gasteiger partial charge is 0.322 e. The number of hydrogen-bond acceptors (Lipinski definition) is 4. The number of nitrogens with one attached hydrogen (secondary N) is 1. The molecule has 1 fully saturated rings. The number of fused-ring (bicyclic) bond motifs is 2. The molecule has 1 unspecified atom stereocenters. The predicted molar refractivity (Wildman–Crippen MR) is 109 cm³/mol. The van der Waals surface area contributed by atoms with Gasteiger partial charge in [0.05, 0.1) is 5.56 Å². The van der Waals surface area contributed by atoms with Crippen molar-refractivity contribution in [3.05, 3.63) is 64.2 Å². The highest BCUT2D eigenvalue weighted by Gasteiger charge is 2.40. The molecular formula is C23H18F3N3O4. The number of hydrogen-bond donors (Lipinski definition) is 1. The van der Waals surface area contributed by atoms with Crippen molar-refractivity contribution in [2.45, 2.75) is 38.0 Å². The van der Waals surface area contributed by atoms with Gasteiger partial charge < -0.3 is 9.80 Å². The Morgan fingerprint density at radius 3 is 2.52 bits per heavy atom. The lowest BCUT2D eigenvalue weighted by atomic mass is 10.0. The Bertz CT molecular complexity index is 1220. The maximum Gasteiger partial charge on any atom is 0.416 e. The third-order valence-corrected chi connectivity index (χ3v) is 6.32. The van der Waals surface area contributed by atoms with Crippen molar-refractivity contribution in [1.82, 2.24) is 10.2 Å². The number of imide groups is 1. The van der Waals surface area contributed by atoms with Gasteiger partial charge in [0, 0.05) is 36.3 Å². The van der Waals surface area contributed by atoms with E-state index in [-0.39, 0.29) is 49.0 Å². The van der Waals surface area contributed by atoms with Gasteiger partial charge in [-0.3, -0.25) is 24.5 Å². The molecule has 1 atom stereocenters. The maximum absolute atomic E-state index is 13.2. The highest BCUT2D eigenvalue weighted by Crippen LogP contribution is 2.37. The molecule has 3 heterocycles. The highest BCUT2D eigenvalue weighted by molar-refractivity contribution is 6.09. The first-order chi connectivity index (χ1) is 15.6. The highest BCUT2D eigenvalue weighted by atomic mass is 19.4. The second-order valence-corrected chi connectivity index (χ2v) is 8.32. The number of rotatable bonds is 2. The fraction of sp³-hybridized carbons (Fsp3) is 0.304. The summed E-state index contributed by atoms with van der Waals surface area (Å²) in [6.07, 6.45) is -3.71. The fourth-order valence-corrected chi connectivity index (χ4v) is 4.63. The Morgan fingerprint density at radius 2 is 1.79 bits per heavy atom. The van der Waals surface area contributed by atoms with Crippen molar-refractivity contribution in [3.63, 3.8) is 0 Å². The number of carbonyl (C=O) groups is 4. The molecule has 170 valence electrons. The molecule has 0 bridgehead atoms. The quantitative estimate of drug-likeness (QED) is 0.703. The van der Waals surface area contributed by atoms with Crippen molar-refractivity contribution in [2.24, 2.45) is 0 Å². The first-order valence-electron chi connectivity index (χ1n) is 10.4. The van der Waals surface area contributed by atoms with Gasteiger partial charge in [-0.1, -0.05) is 6.07 Å². The van der Waals surface area contributed by atoms with Crippen LogP contribution in [0.3, 0.4) is 0 Å². The van der Waals surface area contributed by atoms with E-state index in [4.69, 9.17) is 0 Å². The van der Waals surface area contributed by atoms with Crippen LogP contribution in [-0.4, -0.2) is 41.1 Å². The largest absolute Gasteiger partial charge is 0.416 e. The first kappa shape index (κ1) is 21.2. The number of carbonyl (C=O) groups excluding carboxylic acids is 4. The van der Waals surface area contributed by atoms with E-state index in [1.165, 1.54) is 28.0 Å². The van der Waals surface area contributed by atoms with E-state index in [0.717, 1.165) is 12.1 Å². The number of piperidine rings is 1. The van der Waals surface area contributed by atoms with Gasteiger partial charge in [-0.2, -0.15) is 13.2 Å². The van der Waals surface area contributed by atoms with Crippen LogP contribution in [0.2, 0.25) is 0 Å². The average molecular weight is 457 g/mol. The number of benzene rings is 2. The van der Waals surface area contributed by atoms with Gasteiger partial charge in [0.1, 0.15) is 6.04 Å². The second kappa shape index (κ2) is 7.43. The molecule has 0 saturated carbocycles. The van der Waals surface area contributed by atoms with Crippen LogP contribution in [0.5, 0.6) is 0 Å². The lowest BCUT2D eigenvalue weighted by Crippen LogP contribution is -2.52. The van der Waals surface area contributed by atoms with Crippen LogP contribution in [0, 0.1) is 0 Å². The summed E-state index contributed by atoms with van der Waals surface area (Å²) in [5.41, 5.74) is 1.24. The average Bonchev–Trinajstić information content (AvgIpc) is 3.33. The number of nitrogens with zero attached hydrogens (tertiary/aromatic N) is 2. The molecular weight excluding hydrogens is 439 g/mol. The minimum Gasteiger partial charge on any atom is -0.322 e. The lowest BCUT2D eigenvalue weighted by Gasteiger charge is -2.29. The number of anilines is 1. The van der Waals surface area contributed by atoms with Crippen molar-refractivity contribution < 1.29 is 32.3 Å². The summed E-state index contributed by atoms with van der Waals surface area (Å²) in [5, 5.41) is 2.23. The van der Waals surface area contributed by atoms with Crippen LogP contribution >= 0.6 is 0 Å². The Kier molecular flexibility index (Phi) is 4.77. The van der Waals surface area contributed by atoms with Gasteiger partial charge >= 0.3 is 6.18 Å². The minimum absolute atomic E-state index is 0.108. The van der Waals surface area contributed by atoms with Crippen LogP contribution in [0.15, 0.2) is 36.4 Å². The predicted octanol–water partition coefficient (Wildman–Crippen LogP) is 2.67. The number of alkyl halides is 3. The standard InChI is InChI=1S/C23H18F3N3O4/c24-23(25,26)15-3-1-12-7-8-28(18(12)10-15)21(32)13-2-4-16-14(9-13)11-29(22(16)33)17-5-6-19(30)27-20(17)31/h1-4,9-10,17H,5-8,11H2,(H,27,30,31). The van der Waals surface area contributed by atoms with E-state index in [1.54, 1.807) is 6.07 Å². The molecule has 1 saturated heterocycles. The normalized spacial score (nSPS) is 20.1. The van der Waals surface area contributed by atoms with Crippen LogP contribution < -0.4 is 10.2 Å². The molecule has 33 heavy (non-hydrogen) atoms. The zero-order chi connectivity index (χ0) is 23.5. The van der Waals surface area contributed by atoms with Crippen LogP contribution in [0.1, 0.15) is 50.2 Å². The first-order valence-corrected chi connectivity index (χ1v) is 10.4. The van der Waals surface area contributed by atoms with Crippen LogP contribution in [-0.2, 0) is 28.7 Å². The molecule has 0 radical (unpaired) electrons. The molecule has 2 aromatic carbocycles. The number of halogens is 3. The number of amides is 4. The summed E-state index contributed by atoms with van der Waals surface area (Å²) < 4.78 is 39.4. The maximum atomic E-state index is 13.2. The van der Waals surface area contributed by atoms with Gasteiger partial charge in [0.25, 0.3) is 11.8 Å². The lowest BCUT2D eigenvalue weighted by molar-refractivity contribution is -0.138. The zero-order valence-corrected chi connectivity index (χ0v) is 17.2. The van der Waals surface area contributed by atoms with Crippen molar-refractivity contribution in [3.8, 4) is 0 Å². The summed E-state index contributed by atoms with van der Waals surface area (Å²) >= 11 is 0. The third kappa shape index (κ3) is 3.55.